The summed E-state index contributed by atoms with van der Waals surface area (Å²) in [6, 6.07) is 6.28. The molecular formula is C15H17N3O5S. The van der Waals surface area contributed by atoms with Crippen LogP contribution in [0.2, 0.25) is 0 Å². The quantitative estimate of drug-likeness (QED) is 0.760. The largest absolute Gasteiger partial charge is 0.360 e. The van der Waals surface area contributed by atoms with E-state index in [2.05, 4.69) is 15.2 Å². The first-order valence-electron chi connectivity index (χ1n) is 7.04. The summed E-state index contributed by atoms with van der Waals surface area (Å²) in [4.78, 5) is 23.0. The number of nitrogens with zero attached hydrogens (tertiary/aromatic N) is 1. The summed E-state index contributed by atoms with van der Waals surface area (Å²) in [5.74, 6) is -0.471. The number of benzene rings is 1. The zero-order valence-corrected chi connectivity index (χ0v) is 14.2. The smallest absolute Gasteiger partial charge is 0.246 e. The minimum Gasteiger partial charge on any atom is -0.360 e. The summed E-state index contributed by atoms with van der Waals surface area (Å²) in [6.45, 7) is 3.98. The number of carbonyl (C=O) groups is 2. The highest BCUT2D eigenvalue weighted by atomic mass is 32.2. The minimum atomic E-state index is -3.90. The van der Waals surface area contributed by atoms with E-state index in [0.717, 1.165) is 0 Å². The second-order valence-corrected chi connectivity index (χ2v) is 6.86. The monoisotopic (exact) mass is 351 g/mol. The zero-order valence-electron chi connectivity index (χ0n) is 13.4. The highest BCUT2D eigenvalue weighted by molar-refractivity contribution is 7.89. The van der Waals surface area contributed by atoms with Crippen LogP contribution in [0.3, 0.4) is 0 Å². The molecule has 0 radical (unpaired) electrons. The molecule has 0 aliphatic rings. The molecule has 0 aliphatic carbocycles. The molecule has 2 aromatic rings. The van der Waals surface area contributed by atoms with Crippen LogP contribution < -0.4 is 10.0 Å². The fourth-order valence-corrected chi connectivity index (χ4v) is 3.39. The summed E-state index contributed by atoms with van der Waals surface area (Å²) in [5.41, 5.74) is 1.20. The molecule has 9 heteroatoms. The molecule has 24 heavy (non-hydrogen) atoms. The van der Waals surface area contributed by atoms with Gasteiger partial charge in [-0.25, -0.2) is 13.1 Å². The maximum atomic E-state index is 12.2. The number of rotatable bonds is 6. The molecule has 0 aliphatic heterocycles. The molecule has 0 bridgehead atoms. The third-order valence-corrected chi connectivity index (χ3v) is 4.88. The number of anilines is 1. The molecule has 0 spiro atoms. The van der Waals surface area contributed by atoms with Gasteiger partial charge in [0.05, 0.1) is 6.54 Å². The Morgan fingerprint density at radius 1 is 1.17 bits per heavy atom. The van der Waals surface area contributed by atoms with Gasteiger partial charge in [0, 0.05) is 11.3 Å². The van der Waals surface area contributed by atoms with E-state index in [9.17, 15) is 18.0 Å². The van der Waals surface area contributed by atoms with E-state index >= 15 is 0 Å². The summed E-state index contributed by atoms with van der Waals surface area (Å²) in [7, 11) is -3.90. The van der Waals surface area contributed by atoms with Crippen LogP contribution in [0, 0.1) is 13.8 Å². The van der Waals surface area contributed by atoms with Gasteiger partial charge in [-0.1, -0.05) is 5.16 Å². The Labute approximate surface area is 139 Å². The molecule has 2 rings (SSSR count). The van der Waals surface area contributed by atoms with E-state index < -0.39 is 22.5 Å². The number of hydrogen-bond acceptors (Lipinski definition) is 6. The predicted molar refractivity (Wildman–Crippen MR) is 86.2 cm³/mol. The number of ketones is 1. The molecular weight excluding hydrogens is 334 g/mol. The molecule has 0 saturated heterocycles. The van der Waals surface area contributed by atoms with Crippen LogP contribution in [-0.4, -0.2) is 31.8 Å². The van der Waals surface area contributed by atoms with Crippen molar-refractivity contribution in [3.63, 3.8) is 0 Å². The molecule has 1 heterocycles. The first-order chi connectivity index (χ1) is 11.2. The molecule has 128 valence electrons. The molecule has 1 aromatic carbocycles. The third kappa shape index (κ3) is 4.06. The number of sulfonamides is 1. The van der Waals surface area contributed by atoms with E-state index in [1.165, 1.54) is 20.8 Å². The zero-order chi connectivity index (χ0) is 17.9. The molecule has 1 amide bonds. The normalized spacial score (nSPS) is 11.3. The number of Topliss-reactive ketones (excluding diaryl/α,β-unsaturated/α-hetero) is 1. The van der Waals surface area contributed by atoms with Gasteiger partial charge in [-0.2, -0.15) is 0 Å². The Morgan fingerprint density at radius 2 is 1.79 bits per heavy atom. The van der Waals surface area contributed by atoms with Crippen molar-refractivity contribution >= 4 is 27.4 Å². The summed E-state index contributed by atoms with van der Waals surface area (Å²) >= 11 is 0. The van der Waals surface area contributed by atoms with Gasteiger partial charge in [-0.3, -0.25) is 9.59 Å². The first kappa shape index (κ1) is 17.8. The van der Waals surface area contributed by atoms with Crippen molar-refractivity contribution in [2.24, 2.45) is 0 Å². The van der Waals surface area contributed by atoms with Crippen LogP contribution in [0.1, 0.15) is 28.7 Å². The maximum Gasteiger partial charge on any atom is 0.246 e. The van der Waals surface area contributed by atoms with Gasteiger partial charge in [-0.15, -0.1) is 0 Å². The van der Waals surface area contributed by atoms with Crippen LogP contribution in [0.25, 0.3) is 0 Å². The van der Waals surface area contributed by atoms with Crippen molar-refractivity contribution in [1.29, 1.82) is 0 Å². The number of hydrogen-bond donors (Lipinski definition) is 2. The standard InChI is InChI=1S/C15H17N3O5S/c1-9-15(11(3)23-18-9)24(21,22)16-8-14(20)17-13-6-4-12(5-7-13)10(2)19/h4-7,16H,8H2,1-3H3,(H,17,20). The van der Waals surface area contributed by atoms with Crippen molar-refractivity contribution in [2.75, 3.05) is 11.9 Å². The molecule has 2 N–H and O–H groups in total. The van der Waals surface area contributed by atoms with Gasteiger partial charge in [0.25, 0.3) is 0 Å². The fraction of sp³-hybridized carbons (Fsp3) is 0.267. The van der Waals surface area contributed by atoms with Gasteiger partial charge in [0.1, 0.15) is 10.6 Å². The summed E-state index contributed by atoms with van der Waals surface area (Å²) in [5, 5.41) is 6.12. The van der Waals surface area contributed by atoms with Crippen molar-refractivity contribution in [3.05, 3.63) is 41.3 Å². The lowest BCUT2D eigenvalue weighted by atomic mass is 10.1. The van der Waals surface area contributed by atoms with E-state index in [1.807, 2.05) is 0 Å². The van der Waals surface area contributed by atoms with Gasteiger partial charge in [-0.05, 0) is 45.0 Å². The predicted octanol–water partition coefficient (Wildman–Crippen LogP) is 1.41. The molecule has 8 nitrogen and oxygen atoms in total. The Morgan fingerprint density at radius 3 is 2.29 bits per heavy atom. The van der Waals surface area contributed by atoms with E-state index in [1.54, 1.807) is 24.3 Å². The number of carbonyl (C=O) groups excluding carboxylic acids is 2. The number of amides is 1. The lowest BCUT2D eigenvalue weighted by molar-refractivity contribution is -0.115. The fourth-order valence-electron chi connectivity index (χ4n) is 2.08. The van der Waals surface area contributed by atoms with Gasteiger partial charge < -0.3 is 9.84 Å². The third-order valence-electron chi connectivity index (χ3n) is 3.23. The Kier molecular flexibility index (Phi) is 5.15. The van der Waals surface area contributed by atoms with Gasteiger partial charge >= 0.3 is 0 Å². The second kappa shape index (κ2) is 6.93. The lowest BCUT2D eigenvalue weighted by Crippen LogP contribution is -2.33. The SMILES string of the molecule is CC(=O)c1ccc(NC(=O)CNS(=O)(=O)c2c(C)noc2C)cc1. The van der Waals surface area contributed by atoms with Crippen molar-refractivity contribution in [2.45, 2.75) is 25.7 Å². The van der Waals surface area contributed by atoms with Crippen LogP contribution in [0.4, 0.5) is 5.69 Å². The number of nitrogens with one attached hydrogen (secondary N) is 2. The Hall–Kier alpha value is -2.52. The molecule has 0 unspecified atom stereocenters. The molecule has 0 fully saturated rings. The summed E-state index contributed by atoms with van der Waals surface area (Å²) in [6.07, 6.45) is 0. The van der Waals surface area contributed by atoms with E-state index in [0.29, 0.717) is 11.3 Å². The van der Waals surface area contributed by atoms with E-state index in [4.69, 9.17) is 4.52 Å². The summed E-state index contributed by atoms with van der Waals surface area (Å²) < 4.78 is 31.4. The molecule has 1 aromatic heterocycles. The first-order valence-corrected chi connectivity index (χ1v) is 8.52. The van der Waals surface area contributed by atoms with Gasteiger partial charge in [0.15, 0.2) is 11.5 Å². The van der Waals surface area contributed by atoms with E-state index in [-0.39, 0.29) is 22.1 Å². The maximum absolute atomic E-state index is 12.2. The number of aryl methyl sites for hydroxylation is 2. The Bertz CT molecular complexity index is 850. The second-order valence-electron chi connectivity index (χ2n) is 5.16. The van der Waals surface area contributed by atoms with Crippen molar-refractivity contribution < 1.29 is 22.5 Å². The van der Waals surface area contributed by atoms with Crippen LogP contribution >= 0.6 is 0 Å². The van der Waals surface area contributed by atoms with Gasteiger partial charge in [0.2, 0.25) is 15.9 Å². The highest BCUT2D eigenvalue weighted by Gasteiger charge is 2.24. The molecule has 0 saturated carbocycles. The minimum absolute atomic E-state index is 0.0684. The average molecular weight is 351 g/mol. The average Bonchev–Trinajstić information content (AvgIpc) is 2.85. The lowest BCUT2D eigenvalue weighted by Gasteiger charge is -2.08. The van der Waals surface area contributed by atoms with Crippen LogP contribution in [-0.2, 0) is 14.8 Å². The highest BCUT2D eigenvalue weighted by Crippen LogP contribution is 2.18. The number of aromatic nitrogens is 1. The Balaban J connectivity index is 1.99. The molecule has 0 atom stereocenters. The topological polar surface area (TPSA) is 118 Å². The van der Waals surface area contributed by atoms with Crippen molar-refractivity contribution in [3.8, 4) is 0 Å². The van der Waals surface area contributed by atoms with Crippen molar-refractivity contribution in [1.82, 2.24) is 9.88 Å². The van der Waals surface area contributed by atoms with Crippen LogP contribution in [0.5, 0.6) is 0 Å². The van der Waals surface area contributed by atoms with Crippen LogP contribution in [0.15, 0.2) is 33.7 Å².